The number of nitrogens with zero attached hydrogens (tertiary/aromatic N) is 3. The summed E-state index contributed by atoms with van der Waals surface area (Å²) < 4.78 is 2.09. The Hall–Kier alpha value is -0.990. The fourth-order valence-corrected chi connectivity index (χ4v) is 1.39. The molecule has 0 aliphatic heterocycles. The highest BCUT2D eigenvalue weighted by Crippen LogP contribution is 2.31. The molecule has 1 saturated carbocycles. The summed E-state index contributed by atoms with van der Waals surface area (Å²) >= 11 is 0. The van der Waals surface area contributed by atoms with Crippen molar-refractivity contribution in [2.45, 2.75) is 19.4 Å². The predicted octanol–water partition coefficient (Wildman–Crippen LogP) is 1.36. The molecule has 3 heteroatoms. The predicted molar refractivity (Wildman–Crippen MR) is 49.3 cm³/mol. The van der Waals surface area contributed by atoms with Gasteiger partial charge in [-0.05, 0) is 18.8 Å². The van der Waals surface area contributed by atoms with Crippen molar-refractivity contribution < 1.29 is 0 Å². The Morgan fingerprint density at radius 2 is 2.33 bits per heavy atom. The van der Waals surface area contributed by atoms with Crippen molar-refractivity contribution in [3.8, 4) is 0 Å². The molecule has 1 heterocycles. The fraction of sp³-hybridized carbons (Fsp3) is 0.667. The first kappa shape index (κ1) is 7.65. The summed E-state index contributed by atoms with van der Waals surface area (Å²) in [7, 11) is 4.11. The lowest BCUT2D eigenvalue weighted by atomic mass is 10.4. The lowest BCUT2D eigenvalue weighted by Gasteiger charge is -2.13. The summed E-state index contributed by atoms with van der Waals surface area (Å²) in [5.74, 6) is 2.10. The molecule has 0 N–H and O–H groups in total. The molecule has 1 fully saturated rings. The molecule has 1 aromatic rings. The van der Waals surface area contributed by atoms with Gasteiger partial charge < -0.3 is 4.90 Å². The van der Waals surface area contributed by atoms with E-state index in [2.05, 4.69) is 34.8 Å². The largest absolute Gasteiger partial charge is 0.363 e. The van der Waals surface area contributed by atoms with Gasteiger partial charge in [0.15, 0.2) is 0 Å². The van der Waals surface area contributed by atoms with E-state index in [4.69, 9.17) is 0 Å². The van der Waals surface area contributed by atoms with E-state index in [1.54, 1.807) is 0 Å². The number of anilines is 1. The van der Waals surface area contributed by atoms with Gasteiger partial charge >= 0.3 is 0 Å². The Balaban J connectivity index is 2.11. The van der Waals surface area contributed by atoms with Gasteiger partial charge in [0, 0.05) is 26.7 Å². The maximum atomic E-state index is 4.29. The van der Waals surface area contributed by atoms with Crippen molar-refractivity contribution in [3.05, 3.63) is 12.3 Å². The van der Waals surface area contributed by atoms with E-state index in [0.29, 0.717) is 0 Å². The van der Waals surface area contributed by atoms with E-state index in [1.165, 1.54) is 18.7 Å². The lowest BCUT2D eigenvalue weighted by molar-refractivity contribution is 0.562. The van der Waals surface area contributed by atoms with Crippen molar-refractivity contribution in [3.63, 3.8) is 0 Å². The molecule has 1 aliphatic rings. The molecule has 12 heavy (non-hydrogen) atoms. The van der Waals surface area contributed by atoms with Gasteiger partial charge in [0.25, 0.3) is 0 Å². The molecule has 0 radical (unpaired) electrons. The zero-order valence-corrected chi connectivity index (χ0v) is 7.70. The summed E-state index contributed by atoms with van der Waals surface area (Å²) in [6.07, 6.45) is 4.64. The number of hydrogen-bond donors (Lipinski definition) is 0. The van der Waals surface area contributed by atoms with Crippen LogP contribution in [0.1, 0.15) is 12.8 Å². The summed E-state index contributed by atoms with van der Waals surface area (Å²) in [6.45, 7) is 1.10. The second-order valence-corrected chi connectivity index (χ2v) is 3.71. The van der Waals surface area contributed by atoms with Gasteiger partial charge in [-0.15, -0.1) is 0 Å². The van der Waals surface area contributed by atoms with Crippen molar-refractivity contribution in [2.24, 2.45) is 5.92 Å². The highest BCUT2D eigenvalue weighted by Gasteiger charge is 2.23. The first-order valence-corrected chi connectivity index (χ1v) is 4.46. The van der Waals surface area contributed by atoms with E-state index < -0.39 is 0 Å². The zero-order chi connectivity index (χ0) is 8.55. The van der Waals surface area contributed by atoms with Crippen molar-refractivity contribution in [1.82, 2.24) is 9.78 Å². The van der Waals surface area contributed by atoms with E-state index in [1.807, 2.05) is 6.20 Å². The fourth-order valence-electron chi connectivity index (χ4n) is 1.39. The van der Waals surface area contributed by atoms with Crippen molar-refractivity contribution in [2.75, 3.05) is 19.0 Å². The molecular weight excluding hydrogens is 150 g/mol. The normalized spacial score (nSPS) is 16.5. The third kappa shape index (κ3) is 1.44. The molecule has 0 spiro atoms. The number of aromatic nitrogens is 2. The van der Waals surface area contributed by atoms with Gasteiger partial charge in [-0.2, -0.15) is 5.10 Å². The molecule has 66 valence electrons. The quantitative estimate of drug-likeness (QED) is 0.674. The molecule has 3 nitrogen and oxygen atoms in total. The third-order valence-electron chi connectivity index (χ3n) is 2.28. The van der Waals surface area contributed by atoms with Crippen LogP contribution in [0.4, 0.5) is 5.82 Å². The Kier molecular flexibility index (Phi) is 1.79. The maximum Gasteiger partial charge on any atom is 0.126 e. The molecule has 1 aromatic heterocycles. The van der Waals surface area contributed by atoms with Crippen LogP contribution in [0.5, 0.6) is 0 Å². The molecule has 0 aromatic carbocycles. The SMILES string of the molecule is CN(C)c1ccnn1CC1CC1. The van der Waals surface area contributed by atoms with Crippen LogP contribution in [-0.4, -0.2) is 23.9 Å². The lowest BCUT2D eigenvalue weighted by Crippen LogP contribution is -2.15. The van der Waals surface area contributed by atoms with Gasteiger partial charge in [-0.3, -0.25) is 0 Å². The van der Waals surface area contributed by atoms with Crippen LogP contribution in [0.15, 0.2) is 12.3 Å². The Morgan fingerprint density at radius 1 is 1.58 bits per heavy atom. The monoisotopic (exact) mass is 165 g/mol. The number of rotatable bonds is 3. The van der Waals surface area contributed by atoms with Gasteiger partial charge in [0.05, 0.1) is 6.20 Å². The van der Waals surface area contributed by atoms with Crippen LogP contribution in [0.25, 0.3) is 0 Å². The van der Waals surface area contributed by atoms with Gasteiger partial charge in [-0.1, -0.05) is 0 Å². The number of hydrogen-bond acceptors (Lipinski definition) is 2. The van der Waals surface area contributed by atoms with E-state index >= 15 is 0 Å². The molecule has 0 unspecified atom stereocenters. The maximum absolute atomic E-state index is 4.29. The van der Waals surface area contributed by atoms with E-state index in [9.17, 15) is 0 Å². The average molecular weight is 165 g/mol. The van der Waals surface area contributed by atoms with Crippen LogP contribution in [0, 0.1) is 5.92 Å². The highest BCUT2D eigenvalue weighted by molar-refractivity contribution is 5.35. The molecular formula is C9H15N3. The minimum absolute atomic E-state index is 0.892. The molecule has 0 saturated heterocycles. The molecule has 0 amide bonds. The Labute approximate surface area is 73.0 Å². The summed E-state index contributed by atoms with van der Waals surface area (Å²) in [5, 5.41) is 4.29. The molecule has 2 rings (SSSR count). The molecule has 0 bridgehead atoms. The molecule has 1 aliphatic carbocycles. The second-order valence-electron chi connectivity index (χ2n) is 3.71. The first-order valence-electron chi connectivity index (χ1n) is 4.46. The van der Waals surface area contributed by atoms with Crippen molar-refractivity contribution >= 4 is 5.82 Å². The topological polar surface area (TPSA) is 21.1 Å². The van der Waals surface area contributed by atoms with Crippen LogP contribution in [-0.2, 0) is 6.54 Å². The molecule has 0 atom stereocenters. The zero-order valence-electron chi connectivity index (χ0n) is 7.70. The smallest absolute Gasteiger partial charge is 0.126 e. The van der Waals surface area contributed by atoms with Gasteiger partial charge in [0.1, 0.15) is 5.82 Å². The summed E-state index contributed by atoms with van der Waals surface area (Å²) in [5.41, 5.74) is 0. The van der Waals surface area contributed by atoms with Crippen LogP contribution in [0.3, 0.4) is 0 Å². The van der Waals surface area contributed by atoms with Crippen LogP contribution < -0.4 is 4.90 Å². The van der Waals surface area contributed by atoms with Gasteiger partial charge in [-0.25, -0.2) is 4.68 Å². The summed E-state index contributed by atoms with van der Waals surface area (Å²) in [6, 6.07) is 2.06. The van der Waals surface area contributed by atoms with Crippen LogP contribution in [0.2, 0.25) is 0 Å². The Morgan fingerprint density at radius 3 is 2.92 bits per heavy atom. The second kappa shape index (κ2) is 2.81. The van der Waals surface area contributed by atoms with E-state index in [-0.39, 0.29) is 0 Å². The summed E-state index contributed by atoms with van der Waals surface area (Å²) in [4.78, 5) is 2.11. The average Bonchev–Trinajstić information content (AvgIpc) is 2.66. The minimum atomic E-state index is 0.892. The minimum Gasteiger partial charge on any atom is -0.363 e. The van der Waals surface area contributed by atoms with Gasteiger partial charge in [0.2, 0.25) is 0 Å². The van der Waals surface area contributed by atoms with Crippen molar-refractivity contribution in [1.29, 1.82) is 0 Å². The standard InChI is InChI=1S/C9H15N3/c1-11(2)9-5-6-10-12(9)7-8-3-4-8/h5-6,8H,3-4,7H2,1-2H3. The first-order chi connectivity index (χ1) is 5.77. The van der Waals surface area contributed by atoms with E-state index in [0.717, 1.165) is 12.5 Å². The third-order valence-corrected chi connectivity index (χ3v) is 2.28. The highest BCUT2D eigenvalue weighted by atomic mass is 15.4. The van der Waals surface area contributed by atoms with Crippen LogP contribution >= 0.6 is 0 Å². The Bertz CT molecular complexity index is 260.